The molecule has 1 aromatic rings. The molecule has 3 N–H and O–H groups in total. The van der Waals surface area contributed by atoms with Crippen LogP contribution in [0.3, 0.4) is 0 Å². The first-order chi connectivity index (χ1) is 14.0. The van der Waals surface area contributed by atoms with Gasteiger partial charge in [0.2, 0.25) is 10.0 Å². The molecule has 0 saturated carbocycles. The summed E-state index contributed by atoms with van der Waals surface area (Å²) in [7, 11) is -3.63. The third kappa shape index (κ3) is 9.45. The smallest absolute Gasteiger partial charge is 0.241 e. The van der Waals surface area contributed by atoms with Gasteiger partial charge in [0.1, 0.15) is 0 Å². The Morgan fingerprint density at radius 2 is 1.80 bits per heavy atom. The number of rotatable bonds is 11. The van der Waals surface area contributed by atoms with Gasteiger partial charge in [-0.2, -0.15) is 0 Å². The fraction of sp³-hybridized carbons (Fsp3) is 0.682. The van der Waals surface area contributed by atoms with Crippen molar-refractivity contribution in [3.05, 3.63) is 29.8 Å². The second kappa shape index (κ2) is 12.3. The topological polar surface area (TPSA) is 91.8 Å². The molecule has 0 aliphatic heterocycles. The number of nitrogens with zero attached hydrogens (tertiary/aromatic N) is 1. The monoisotopic (exact) mass is 440 g/mol. The number of hydrogen-bond donors (Lipinski definition) is 3. The van der Waals surface area contributed by atoms with Gasteiger partial charge in [0, 0.05) is 25.2 Å². The predicted octanol–water partition coefficient (Wildman–Crippen LogP) is 3.27. The number of ether oxygens (including phenoxy) is 1. The minimum absolute atomic E-state index is 0.194. The number of hydrogen-bond acceptors (Lipinski definition) is 4. The third-order valence-corrected chi connectivity index (χ3v) is 6.16. The van der Waals surface area contributed by atoms with E-state index >= 15 is 0 Å². The van der Waals surface area contributed by atoms with Crippen LogP contribution in [0, 0.1) is 5.92 Å². The molecule has 0 heterocycles. The van der Waals surface area contributed by atoms with Gasteiger partial charge in [0.05, 0.1) is 17.5 Å². The van der Waals surface area contributed by atoms with E-state index in [0.717, 1.165) is 19.5 Å². The minimum atomic E-state index is -3.63. The van der Waals surface area contributed by atoms with E-state index in [1.54, 1.807) is 18.2 Å². The third-order valence-electron chi connectivity index (χ3n) is 4.30. The lowest BCUT2D eigenvalue weighted by molar-refractivity contribution is 0.0258. The Hall–Kier alpha value is -1.64. The molecule has 8 heteroatoms. The van der Waals surface area contributed by atoms with Crippen molar-refractivity contribution >= 4 is 16.0 Å². The zero-order valence-corrected chi connectivity index (χ0v) is 20.4. The highest BCUT2D eigenvalue weighted by molar-refractivity contribution is 7.89. The van der Waals surface area contributed by atoms with Gasteiger partial charge >= 0.3 is 0 Å². The van der Waals surface area contributed by atoms with E-state index in [-0.39, 0.29) is 17.5 Å². The maximum atomic E-state index is 12.8. The molecule has 7 nitrogen and oxygen atoms in total. The van der Waals surface area contributed by atoms with E-state index in [1.165, 1.54) is 0 Å². The molecule has 1 aromatic carbocycles. The second-order valence-electron chi connectivity index (χ2n) is 8.61. The maximum Gasteiger partial charge on any atom is 0.241 e. The van der Waals surface area contributed by atoms with Crippen molar-refractivity contribution in [3.8, 4) is 0 Å². The number of guanidine groups is 1. The Morgan fingerprint density at radius 3 is 2.37 bits per heavy atom. The molecule has 1 atom stereocenters. The lowest BCUT2D eigenvalue weighted by Crippen LogP contribution is -2.41. The second-order valence-corrected chi connectivity index (χ2v) is 10.3. The van der Waals surface area contributed by atoms with Crippen molar-refractivity contribution in [2.45, 2.75) is 78.0 Å². The fourth-order valence-corrected chi connectivity index (χ4v) is 4.67. The molecule has 1 unspecified atom stereocenters. The summed E-state index contributed by atoms with van der Waals surface area (Å²) in [5, 5.41) is 6.54. The van der Waals surface area contributed by atoms with Crippen molar-refractivity contribution < 1.29 is 13.2 Å². The molecule has 0 aromatic heterocycles. The molecule has 0 radical (unpaired) electrons. The van der Waals surface area contributed by atoms with Crippen molar-refractivity contribution in [1.29, 1.82) is 0 Å². The Balaban J connectivity index is 2.91. The highest BCUT2D eigenvalue weighted by atomic mass is 32.2. The first kappa shape index (κ1) is 26.4. The maximum absolute atomic E-state index is 12.8. The number of nitrogens with one attached hydrogen (secondary N) is 3. The SMILES string of the molecule is CCNC(=NCc1ccccc1S(=O)(=O)NC(C)(C)C)NCCC(OCC)C(C)C. The summed E-state index contributed by atoms with van der Waals surface area (Å²) in [5.74, 6) is 1.10. The quantitative estimate of drug-likeness (QED) is 0.363. The van der Waals surface area contributed by atoms with Gasteiger partial charge in [-0.15, -0.1) is 0 Å². The Labute approximate surface area is 183 Å². The first-order valence-electron chi connectivity index (χ1n) is 10.8. The van der Waals surface area contributed by atoms with Gasteiger partial charge in [-0.05, 0) is 58.6 Å². The Bertz CT molecular complexity index is 771. The van der Waals surface area contributed by atoms with Gasteiger partial charge in [0.15, 0.2) is 5.96 Å². The molecular formula is C22H40N4O3S. The number of sulfonamides is 1. The number of aliphatic imine (C=N–C) groups is 1. The molecule has 0 aliphatic carbocycles. The van der Waals surface area contributed by atoms with Crippen LogP contribution in [0.2, 0.25) is 0 Å². The van der Waals surface area contributed by atoms with E-state index in [1.807, 2.05) is 40.7 Å². The molecule has 0 spiro atoms. The van der Waals surface area contributed by atoms with E-state index in [9.17, 15) is 8.42 Å². The van der Waals surface area contributed by atoms with Crippen LogP contribution in [0.5, 0.6) is 0 Å². The highest BCUT2D eigenvalue weighted by Gasteiger charge is 2.24. The van der Waals surface area contributed by atoms with Crippen LogP contribution < -0.4 is 15.4 Å². The van der Waals surface area contributed by atoms with Gasteiger partial charge in [-0.25, -0.2) is 18.1 Å². The van der Waals surface area contributed by atoms with Crippen molar-refractivity contribution in [2.24, 2.45) is 10.9 Å². The highest BCUT2D eigenvalue weighted by Crippen LogP contribution is 2.18. The molecule has 0 bridgehead atoms. The van der Waals surface area contributed by atoms with Crippen LogP contribution in [0.15, 0.2) is 34.2 Å². The number of benzene rings is 1. The normalized spacial score (nSPS) is 14.1. The van der Waals surface area contributed by atoms with Crippen molar-refractivity contribution in [3.63, 3.8) is 0 Å². The standard InChI is InChI=1S/C22H40N4O3S/c1-8-23-21(24-15-14-19(17(3)4)29-9-2)25-16-18-12-10-11-13-20(18)30(27,28)26-22(5,6)7/h10-13,17,19,26H,8-9,14-16H2,1-7H3,(H2,23,24,25). The predicted molar refractivity (Wildman–Crippen MR) is 124 cm³/mol. The summed E-state index contributed by atoms with van der Waals surface area (Å²) in [6.45, 7) is 16.2. The fourth-order valence-electron chi connectivity index (χ4n) is 3.02. The van der Waals surface area contributed by atoms with Gasteiger partial charge in [-0.3, -0.25) is 0 Å². The molecule has 0 saturated heterocycles. The molecular weight excluding hydrogens is 400 g/mol. The van der Waals surface area contributed by atoms with Crippen LogP contribution in [-0.4, -0.2) is 45.7 Å². The van der Waals surface area contributed by atoms with Crippen LogP contribution in [-0.2, 0) is 21.3 Å². The van der Waals surface area contributed by atoms with E-state index in [2.05, 4.69) is 34.2 Å². The van der Waals surface area contributed by atoms with Crippen LogP contribution in [0.25, 0.3) is 0 Å². The van der Waals surface area contributed by atoms with Crippen LogP contribution in [0.4, 0.5) is 0 Å². The summed E-state index contributed by atoms with van der Waals surface area (Å²) in [6, 6.07) is 6.98. The summed E-state index contributed by atoms with van der Waals surface area (Å²) in [4.78, 5) is 4.86. The summed E-state index contributed by atoms with van der Waals surface area (Å²) in [6.07, 6.45) is 1.07. The first-order valence-corrected chi connectivity index (χ1v) is 12.2. The molecule has 0 amide bonds. The van der Waals surface area contributed by atoms with Crippen LogP contribution >= 0.6 is 0 Å². The van der Waals surface area contributed by atoms with E-state index in [0.29, 0.717) is 24.0 Å². The van der Waals surface area contributed by atoms with Crippen molar-refractivity contribution in [2.75, 3.05) is 19.7 Å². The molecule has 172 valence electrons. The molecule has 0 fully saturated rings. The van der Waals surface area contributed by atoms with E-state index in [4.69, 9.17) is 4.74 Å². The minimum Gasteiger partial charge on any atom is -0.378 e. The van der Waals surface area contributed by atoms with Gasteiger partial charge < -0.3 is 15.4 Å². The average molecular weight is 441 g/mol. The summed E-state index contributed by atoms with van der Waals surface area (Å²) >= 11 is 0. The zero-order chi connectivity index (χ0) is 22.8. The zero-order valence-electron chi connectivity index (χ0n) is 19.6. The van der Waals surface area contributed by atoms with Gasteiger partial charge in [-0.1, -0.05) is 32.0 Å². The molecule has 0 aliphatic rings. The lowest BCUT2D eigenvalue weighted by atomic mass is 10.0. The Kier molecular flexibility index (Phi) is 10.8. The van der Waals surface area contributed by atoms with E-state index < -0.39 is 15.6 Å². The molecule has 30 heavy (non-hydrogen) atoms. The average Bonchev–Trinajstić information content (AvgIpc) is 2.63. The largest absolute Gasteiger partial charge is 0.378 e. The van der Waals surface area contributed by atoms with Crippen molar-refractivity contribution in [1.82, 2.24) is 15.4 Å². The van der Waals surface area contributed by atoms with Gasteiger partial charge in [0.25, 0.3) is 0 Å². The van der Waals surface area contributed by atoms with Crippen LogP contribution in [0.1, 0.15) is 60.5 Å². The summed E-state index contributed by atoms with van der Waals surface area (Å²) in [5.41, 5.74) is 0.0972. The lowest BCUT2D eigenvalue weighted by Gasteiger charge is -2.22. The Morgan fingerprint density at radius 1 is 1.13 bits per heavy atom. The molecule has 1 rings (SSSR count). The summed E-state index contributed by atoms with van der Waals surface area (Å²) < 4.78 is 34.1.